The van der Waals surface area contributed by atoms with E-state index in [1.165, 1.54) is 0 Å². The SMILES string of the molecule is CC1=NC2C=CCC2C(=O)N1P(P)PP. The Balaban J connectivity index is 2.28. The van der Waals surface area contributed by atoms with Gasteiger partial charge in [0.1, 0.15) is 5.84 Å². The maximum absolute atomic E-state index is 12.2. The minimum absolute atomic E-state index is 0.0700. The van der Waals surface area contributed by atoms with Crippen molar-refractivity contribution in [1.29, 1.82) is 0 Å². The molecule has 0 aromatic carbocycles. The highest BCUT2D eigenvalue weighted by Gasteiger charge is 2.39. The zero-order chi connectivity index (χ0) is 11.0. The number of amidine groups is 1. The van der Waals surface area contributed by atoms with Crippen LogP contribution in [0.1, 0.15) is 13.3 Å². The fourth-order valence-electron chi connectivity index (χ4n) is 1.92. The minimum atomic E-state index is -0.466. The first-order valence-corrected chi connectivity index (χ1v) is 11.3. The Hall–Kier alpha value is 0.600. The van der Waals surface area contributed by atoms with Gasteiger partial charge >= 0.3 is 0 Å². The van der Waals surface area contributed by atoms with Crippen LogP contribution in [-0.2, 0) is 4.79 Å². The topological polar surface area (TPSA) is 32.7 Å². The number of fused-ring (bicyclic) bond motifs is 1. The number of allylic oxidation sites excluding steroid dienone is 1. The van der Waals surface area contributed by atoms with Crippen molar-refractivity contribution in [2.75, 3.05) is 0 Å². The molecule has 0 bridgehead atoms. The molecule has 1 aliphatic carbocycles. The molecule has 2 rings (SSSR count). The summed E-state index contributed by atoms with van der Waals surface area (Å²) in [6.07, 6.45) is 4.98. The van der Waals surface area contributed by atoms with E-state index in [4.69, 9.17) is 0 Å². The van der Waals surface area contributed by atoms with Crippen molar-refractivity contribution in [2.24, 2.45) is 10.9 Å². The van der Waals surface area contributed by atoms with Crippen molar-refractivity contribution in [3.05, 3.63) is 12.2 Å². The number of carbonyl (C=O) groups is 1. The van der Waals surface area contributed by atoms with E-state index in [-0.39, 0.29) is 17.9 Å². The summed E-state index contributed by atoms with van der Waals surface area (Å²) in [7, 11) is 5.72. The number of hydrogen-bond acceptors (Lipinski definition) is 2. The van der Waals surface area contributed by atoms with Crippen molar-refractivity contribution < 1.29 is 4.79 Å². The van der Waals surface area contributed by atoms with Gasteiger partial charge in [-0.1, -0.05) is 29.0 Å². The van der Waals surface area contributed by atoms with Crippen LogP contribution in [0.5, 0.6) is 0 Å². The maximum Gasteiger partial charge on any atom is 0.237 e. The largest absolute Gasteiger partial charge is 0.274 e. The molecule has 7 heteroatoms. The zero-order valence-electron chi connectivity index (χ0n) is 8.42. The van der Waals surface area contributed by atoms with Crippen LogP contribution in [0.4, 0.5) is 0 Å². The quantitative estimate of drug-likeness (QED) is 0.564. The molecule has 3 nitrogen and oxygen atoms in total. The number of aliphatic imine (C=N–C) groups is 1. The number of carbonyl (C=O) groups excluding carboxylic acids is 1. The molecular formula is C8H14N2OP4. The van der Waals surface area contributed by atoms with Crippen LogP contribution in [0.25, 0.3) is 0 Å². The van der Waals surface area contributed by atoms with Gasteiger partial charge in [-0.15, -0.1) is 8.93 Å². The predicted molar refractivity (Wildman–Crippen MR) is 75.6 cm³/mol. The van der Waals surface area contributed by atoms with Crippen LogP contribution in [0.15, 0.2) is 17.1 Å². The molecule has 1 aliphatic heterocycles. The number of nitrogens with zero attached hydrogens (tertiary/aromatic N) is 2. The van der Waals surface area contributed by atoms with Crippen molar-refractivity contribution in [1.82, 2.24) is 4.67 Å². The van der Waals surface area contributed by atoms with Crippen LogP contribution < -0.4 is 0 Å². The lowest BCUT2D eigenvalue weighted by molar-refractivity contribution is -0.128. The Kier molecular flexibility index (Phi) is 3.90. The average molecular weight is 278 g/mol. The molecule has 6 unspecified atom stereocenters. The van der Waals surface area contributed by atoms with Gasteiger partial charge in [0, 0.05) is 7.45 Å². The molecule has 0 spiro atoms. The standard InChI is InChI=1S/C8H14N2OP4/c1-5-9-7-4-2-3-6(7)8(11)10(5)15(13)14-12/h2,4,6-7,14H,3,12-13H2,1H3. The van der Waals surface area contributed by atoms with Gasteiger partial charge < -0.3 is 0 Å². The van der Waals surface area contributed by atoms with Crippen LogP contribution in [-0.4, -0.2) is 22.5 Å². The molecule has 6 atom stereocenters. The molecule has 15 heavy (non-hydrogen) atoms. The average Bonchev–Trinajstić information content (AvgIpc) is 2.65. The van der Waals surface area contributed by atoms with Crippen LogP contribution in [0, 0.1) is 5.92 Å². The molecule has 0 radical (unpaired) electrons. The summed E-state index contributed by atoms with van der Waals surface area (Å²) < 4.78 is 1.89. The van der Waals surface area contributed by atoms with E-state index in [1.54, 1.807) is 0 Å². The summed E-state index contributed by atoms with van der Waals surface area (Å²) in [6, 6.07) is 0.106. The fraction of sp³-hybridized carbons (Fsp3) is 0.500. The second-order valence-corrected chi connectivity index (χ2v) is 12.4. The first-order chi connectivity index (χ1) is 7.15. The molecule has 2 aliphatic rings. The highest BCUT2D eigenvalue weighted by Crippen LogP contribution is 2.69. The zero-order valence-corrected chi connectivity index (χ0v) is 12.6. The number of hydrogen-bond donors (Lipinski definition) is 0. The fourth-order valence-corrected chi connectivity index (χ4v) is 5.72. The van der Waals surface area contributed by atoms with Crippen LogP contribution in [0.3, 0.4) is 0 Å². The van der Waals surface area contributed by atoms with E-state index >= 15 is 0 Å². The summed E-state index contributed by atoms with van der Waals surface area (Å²) in [6.45, 7) is 1.94. The van der Waals surface area contributed by atoms with Gasteiger partial charge in [-0.3, -0.25) is 14.5 Å². The Morgan fingerprint density at radius 2 is 2.47 bits per heavy atom. The van der Waals surface area contributed by atoms with Gasteiger partial charge in [0.25, 0.3) is 0 Å². The monoisotopic (exact) mass is 278 g/mol. The first-order valence-electron chi connectivity index (χ1n) is 4.71. The van der Waals surface area contributed by atoms with E-state index in [0.717, 1.165) is 12.3 Å². The molecule has 82 valence electrons. The van der Waals surface area contributed by atoms with Gasteiger partial charge in [0.15, 0.2) is 0 Å². The smallest absolute Gasteiger partial charge is 0.237 e. The summed E-state index contributed by atoms with van der Waals surface area (Å²) in [5, 5.41) is 0. The summed E-state index contributed by atoms with van der Waals surface area (Å²) in [5.41, 5.74) is 0. The molecule has 0 fully saturated rings. The third-order valence-corrected chi connectivity index (χ3v) is 12.3. The number of amides is 1. The lowest BCUT2D eigenvalue weighted by atomic mass is 10.0. The molecular weight excluding hydrogens is 264 g/mol. The molecule has 1 amide bonds. The van der Waals surface area contributed by atoms with E-state index < -0.39 is 7.45 Å². The van der Waals surface area contributed by atoms with E-state index in [2.05, 4.69) is 35.0 Å². The van der Waals surface area contributed by atoms with Gasteiger partial charge in [-0.05, 0) is 13.3 Å². The summed E-state index contributed by atoms with van der Waals surface area (Å²) >= 11 is 0. The van der Waals surface area contributed by atoms with Crippen LogP contribution in [0.2, 0.25) is 0 Å². The van der Waals surface area contributed by atoms with Gasteiger partial charge in [0.05, 0.1) is 12.0 Å². The third kappa shape index (κ3) is 2.18. The van der Waals surface area contributed by atoms with Crippen molar-refractivity contribution in [2.45, 2.75) is 19.4 Å². The Bertz CT molecular complexity index is 344. The molecule has 0 saturated carbocycles. The molecule has 0 aromatic heterocycles. The Morgan fingerprint density at radius 1 is 1.73 bits per heavy atom. The van der Waals surface area contributed by atoms with Gasteiger partial charge in [0.2, 0.25) is 5.91 Å². The summed E-state index contributed by atoms with van der Waals surface area (Å²) in [5.74, 6) is 1.21. The molecule has 1 heterocycles. The van der Waals surface area contributed by atoms with Gasteiger partial charge in [-0.25, -0.2) is 0 Å². The Labute approximate surface area is 97.2 Å². The lowest BCUT2D eigenvalue weighted by Gasteiger charge is -2.35. The molecule has 0 aromatic rings. The highest BCUT2D eigenvalue weighted by atomic mass is 32.6. The minimum Gasteiger partial charge on any atom is -0.274 e. The predicted octanol–water partition coefficient (Wildman–Crippen LogP) is 2.76. The van der Waals surface area contributed by atoms with Crippen LogP contribution >= 0.6 is 33.3 Å². The third-order valence-electron chi connectivity index (χ3n) is 2.65. The summed E-state index contributed by atoms with van der Waals surface area (Å²) in [4.78, 5) is 16.8. The lowest BCUT2D eigenvalue weighted by Crippen LogP contribution is -2.42. The molecule has 0 saturated heterocycles. The second-order valence-electron chi connectivity index (χ2n) is 3.56. The van der Waals surface area contributed by atoms with Crippen molar-refractivity contribution in [3.63, 3.8) is 0 Å². The Morgan fingerprint density at radius 3 is 3.13 bits per heavy atom. The van der Waals surface area contributed by atoms with E-state index in [1.807, 2.05) is 11.6 Å². The van der Waals surface area contributed by atoms with E-state index in [9.17, 15) is 4.79 Å². The first kappa shape index (κ1) is 12.1. The molecule has 0 N–H and O–H groups in total. The van der Waals surface area contributed by atoms with E-state index in [0.29, 0.717) is 7.96 Å². The number of rotatable bonds is 2. The normalized spacial score (nSPS) is 32.3. The van der Waals surface area contributed by atoms with Gasteiger partial charge in [-0.2, -0.15) is 0 Å². The van der Waals surface area contributed by atoms with Crippen molar-refractivity contribution >= 4 is 45.0 Å². The highest BCUT2D eigenvalue weighted by molar-refractivity contribution is 8.60. The maximum atomic E-state index is 12.2. The second kappa shape index (κ2) is 4.85. The van der Waals surface area contributed by atoms with Crippen molar-refractivity contribution in [3.8, 4) is 0 Å².